The van der Waals surface area contributed by atoms with E-state index < -0.39 is 20.0 Å². The Morgan fingerprint density at radius 2 is 1.75 bits per heavy atom. The van der Waals surface area contributed by atoms with Crippen molar-refractivity contribution in [2.75, 3.05) is 16.8 Å². The number of aromatic nitrogens is 3. The number of amides is 2. The van der Waals surface area contributed by atoms with Gasteiger partial charge in [0.2, 0.25) is 0 Å². The summed E-state index contributed by atoms with van der Waals surface area (Å²) in [6.45, 7) is 6.49. The number of anilines is 2. The van der Waals surface area contributed by atoms with E-state index >= 15 is 0 Å². The summed E-state index contributed by atoms with van der Waals surface area (Å²) in [5, 5.41) is 21.9. The van der Waals surface area contributed by atoms with E-state index in [1.54, 1.807) is 21.7 Å². The van der Waals surface area contributed by atoms with E-state index in [9.17, 15) is 19.5 Å². The van der Waals surface area contributed by atoms with Crippen LogP contribution < -0.4 is 10.2 Å². The van der Waals surface area contributed by atoms with Gasteiger partial charge in [0.15, 0.2) is 13.9 Å². The van der Waals surface area contributed by atoms with Gasteiger partial charge in [-0.3, -0.25) is 14.3 Å². The first-order valence-electron chi connectivity index (χ1n) is 17.5. The molecular weight excluding hydrogens is 738 g/mol. The van der Waals surface area contributed by atoms with Crippen molar-refractivity contribution in [3.63, 3.8) is 0 Å². The molecule has 3 N–H and O–H groups in total. The van der Waals surface area contributed by atoms with Crippen molar-refractivity contribution in [1.82, 2.24) is 15.0 Å². The van der Waals surface area contributed by atoms with Crippen LogP contribution >= 0.6 is 15.9 Å². The molecule has 10 nitrogen and oxygen atoms in total. The number of nitrogens with zero attached hydrogens (tertiary/aromatic N) is 4. The summed E-state index contributed by atoms with van der Waals surface area (Å²) in [6, 6.07) is 32.1. The molecule has 12 heteroatoms. The minimum atomic E-state index is -2.88. The molecule has 0 aliphatic carbocycles. The van der Waals surface area contributed by atoms with Crippen LogP contribution in [0.1, 0.15) is 52.0 Å². The van der Waals surface area contributed by atoms with Gasteiger partial charge in [-0.1, -0.05) is 88.7 Å². The molecule has 2 amide bonds. The Balaban J connectivity index is 1.15. The predicted octanol–water partition coefficient (Wildman–Crippen LogP) is 6.85. The lowest BCUT2D eigenvalue weighted by molar-refractivity contribution is -0.146. The lowest BCUT2D eigenvalue weighted by atomic mass is 9.82. The highest BCUT2D eigenvalue weighted by atomic mass is 79.9. The third-order valence-electron chi connectivity index (χ3n) is 10.4. The molecule has 1 aromatic heterocycles. The molecule has 3 heterocycles. The number of carbonyl (C=O) groups excluding carboxylic acids is 2. The van der Waals surface area contributed by atoms with Gasteiger partial charge in [-0.05, 0) is 73.1 Å². The maximum absolute atomic E-state index is 14.9. The topological polar surface area (TPSA) is 130 Å². The summed E-state index contributed by atoms with van der Waals surface area (Å²) in [5.74, 6) is -1.00. The highest BCUT2D eigenvalue weighted by molar-refractivity contribution is 9.10. The number of benzene rings is 4. The third-order valence-corrected chi connectivity index (χ3v) is 13.4. The number of aryl methyl sites for hydroxylation is 1. The van der Waals surface area contributed by atoms with Crippen LogP contribution in [0.15, 0.2) is 114 Å². The van der Waals surface area contributed by atoms with Crippen molar-refractivity contribution in [1.29, 1.82) is 0 Å². The summed E-state index contributed by atoms with van der Waals surface area (Å²) >= 11 is 3.64. The van der Waals surface area contributed by atoms with Crippen molar-refractivity contribution in [2.24, 2.45) is 5.92 Å². The van der Waals surface area contributed by atoms with Gasteiger partial charge in [0, 0.05) is 45.5 Å². The second kappa shape index (κ2) is 14.5. The Kier molecular flexibility index (Phi) is 10.0. The molecule has 1 fully saturated rings. The van der Waals surface area contributed by atoms with E-state index in [0.717, 1.165) is 26.9 Å². The number of nitrogens with one attached hydrogen (secondary N) is 1. The van der Waals surface area contributed by atoms with Crippen LogP contribution in [0, 0.1) is 5.92 Å². The first-order chi connectivity index (χ1) is 25.0. The number of ether oxygens (including phenoxy) is 1. The SMILES string of the molecule is C[C@@H]1[C@@H]([Si](C)(C)O)[C@H](CCn2cc(C(CO)c3ccccc3)nn2)O[C@@]12C(=O)N(Cc1cccc(NC(=O)c3ccccc3)c1)c1ccc(Br)cc12. The van der Waals surface area contributed by atoms with Gasteiger partial charge in [0.05, 0.1) is 36.6 Å². The first kappa shape index (κ1) is 35.9. The van der Waals surface area contributed by atoms with E-state index in [4.69, 9.17) is 4.74 Å². The molecule has 268 valence electrons. The summed E-state index contributed by atoms with van der Waals surface area (Å²) in [6.07, 6.45) is 1.93. The van der Waals surface area contributed by atoms with Crippen molar-refractivity contribution < 1.29 is 24.2 Å². The summed E-state index contributed by atoms with van der Waals surface area (Å²) in [7, 11) is -2.88. The van der Waals surface area contributed by atoms with Crippen LogP contribution in [0.4, 0.5) is 11.4 Å². The average Bonchev–Trinajstić information content (AvgIpc) is 3.79. The molecule has 5 atom stereocenters. The molecule has 1 unspecified atom stereocenters. The second-order valence-electron chi connectivity index (χ2n) is 14.3. The van der Waals surface area contributed by atoms with Crippen molar-refractivity contribution >= 4 is 47.4 Å². The zero-order chi connectivity index (χ0) is 36.6. The molecular formula is C40H42BrN5O5Si. The van der Waals surface area contributed by atoms with Crippen LogP contribution in [-0.2, 0) is 28.2 Å². The van der Waals surface area contributed by atoms with Gasteiger partial charge in [-0.25, -0.2) is 0 Å². The normalized spacial score (nSPS) is 21.8. The lowest BCUT2D eigenvalue weighted by Gasteiger charge is -2.32. The smallest absolute Gasteiger partial charge is 0.264 e. The number of halogens is 1. The predicted molar refractivity (Wildman–Crippen MR) is 205 cm³/mol. The van der Waals surface area contributed by atoms with Crippen LogP contribution in [0.25, 0.3) is 0 Å². The minimum absolute atomic E-state index is 0.0962. The van der Waals surface area contributed by atoms with Gasteiger partial charge in [-0.15, -0.1) is 5.10 Å². The fraction of sp³-hybridized carbons (Fsp3) is 0.300. The van der Waals surface area contributed by atoms with E-state index in [2.05, 4.69) is 31.6 Å². The van der Waals surface area contributed by atoms with Gasteiger partial charge in [0.25, 0.3) is 11.8 Å². The van der Waals surface area contributed by atoms with Crippen molar-refractivity contribution in [3.8, 4) is 0 Å². The highest BCUT2D eigenvalue weighted by Gasteiger charge is 2.66. The van der Waals surface area contributed by atoms with E-state index in [1.807, 2.05) is 117 Å². The van der Waals surface area contributed by atoms with Crippen LogP contribution in [-0.4, -0.2) is 57.7 Å². The average molecular weight is 781 g/mol. The number of aliphatic hydroxyl groups is 1. The monoisotopic (exact) mass is 779 g/mol. The molecule has 5 aromatic rings. The zero-order valence-electron chi connectivity index (χ0n) is 29.3. The highest BCUT2D eigenvalue weighted by Crippen LogP contribution is 2.60. The second-order valence-corrected chi connectivity index (χ2v) is 19.2. The minimum Gasteiger partial charge on any atom is -0.432 e. The van der Waals surface area contributed by atoms with Gasteiger partial charge < -0.3 is 24.9 Å². The van der Waals surface area contributed by atoms with Crippen LogP contribution in [0.3, 0.4) is 0 Å². The number of hydrogen-bond acceptors (Lipinski definition) is 7. The number of fused-ring (bicyclic) bond motifs is 2. The van der Waals surface area contributed by atoms with Gasteiger partial charge in [0.1, 0.15) is 0 Å². The standard InChI is InChI=1S/C40H42BrN5O5Si/c1-26-37(52(2,3)50)36(19-20-45-24-34(43-44-45)32(25-47)28-12-6-4-7-13-28)51-40(26)33-22-30(41)17-18-35(33)46(39(40)49)23-27-11-10-16-31(21-27)42-38(48)29-14-8-5-9-15-29/h4-18,21-22,24,26,32,36-37,47,50H,19-20,23,25H2,1-3H3,(H,42,48)/t26-,32?,36+,37-,40+/m1/s1. The molecule has 0 saturated carbocycles. The fourth-order valence-electron chi connectivity index (χ4n) is 8.10. The molecule has 0 bridgehead atoms. The van der Waals surface area contributed by atoms with E-state index in [-0.39, 0.29) is 42.3 Å². The zero-order valence-corrected chi connectivity index (χ0v) is 31.9. The number of hydrogen-bond donors (Lipinski definition) is 3. The maximum atomic E-state index is 14.9. The maximum Gasteiger partial charge on any atom is 0.264 e. The number of aliphatic hydroxyl groups excluding tert-OH is 1. The Morgan fingerprint density at radius 3 is 2.46 bits per heavy atom. The van der Waals surface area contributed by atoms with E-state index in [0.29, 0.717) is 29.9 Å². The lowest BCUT2D eigenvalue weighted by Crippen LogP contribution is -2.46. The fourth-order valence-corrected chi connectivity index (χ4v) is 11.1. The first-order valence-corrected chi connectivity index (χ1v) is 21.3. The summed E-state index contributed by atoms with van der Waals surface area (Å²) < 4.78 is 9.60. The van der Waals surface area contributed by atoms with Crippen molar-refractivity contribution in [3.05, 3.63) is 142 Å². The molecule has 52 heavy (non-hydrogen) atoms. The van der Waals surface area contributed by atoms with Crippen LogP contribution in [0.2, 0.25) is 18.6 Å². The third kappa shape index (κ3) is 6.77. The number of rotatable bonds is 11. The summed E-state index contributed by atoms with van der Waals surface area (Å²) in [5.41, 5.74) is 3.64. The van der Waals surface area contributed by atoms with E-state index in [1.165, 1.54) is 0 Å². The molecule has 1 spiro atoms. The molecule has 2 aliphatic rings. The molecule has 1 saturated heterocycles. The van der Waals surface area contributed by atoms with Gasteiger partial charge >= 0.3 is 0 Å². The van der Waals surface area contributed by atoms with Crippen molar-refractivity contribution in [2.45, 2.75) is 62.7 Å². The molecule has 4 aromatic carbocycles. The summed E-state index contributed by atoms with van der Waals surface area (Å²) in [4.78, 5) is 41.3. The Bertz CT molecular complexity index is 2070. The largest absolute Gasteiger partial charge is 0.432 e. The Hall–Kier alpha value is -4.46. The molecule has 7 rings (SSSR count). The number of carbonyl (C=O) groups is 2. The molecule has 2 aliphatic heterocycles. The Labute approximate surface area is 312 Å². The Morgan fingerprint density at radius 1 is 1.02 bits per heavy atom. The molecule has 0 radical (unpaired) electrons. The van der Waals surface area contributed by atoms with Gasteiger partial charge in [-0.2, -0.15) is 0 Å². The quantitative estimate of drug-likeness (QED) is 0.125. The van der Waals surface area contributed by atoms with Crippen LogP contribution in [0.5, 0.6) is 0 Å².